The Morgan fingerprint density at radius 3 is 2.44 bits per heavy atom. The molecule has 2 nitrogen and oxygen atoms in total. The molecule has 0 aliphatic heterocycles. The summed E-state index contributed by atoms with van der Waals surface area (Å²) in [4.78, 5) is 0. The minimum absolute atomic E-state index is 0.0573. The van der Waals surface area contributed by atoms with Crippen LogP contribution in [0.2, 0.25) is 0 Å². The highest BCUT2D eigenvalue weighted by Crippen LogP contribution is 2.34. The van der Waals surface area contributed by atoms with Crippen molar-refractivity contribution in [1.29, 1.82) is 0 Å². The van der Waals surface area contributed by atoms with Gasteiger partial charge in [0.2, 0.25) is 0 Å². The van der Waals surface area contributed by atoms with E-state index in [1.807, 2.05) is 7.05 Å². The number of hydrogen-bond donors (Lipinski definition) is 2. The molecule has 1 fully saturated rings. The van der Waals surface area contributed by atoms with Crippen LogP contribution in [-0.4, -0.2) is 13.1 Å². The molecule has 0 amide bonds. The average molecular weight is 254 g/mol. The van der Waals surface area contributed by atoms with E-state index in [0.717, 1.165) is 31.7 Å². The molecule has 4 heteroatoms. The zero-order valence-corrected chi connectivity index (χ0v) is 10.6. The normalized spacial score (nSPS) is 26.0. The maximum absolute atomic E-state index is 13.8. The van der Waals surface area contributed by atoms with Gasteiger partial charge < -0.3 is 11.1 Å². The molecule has 1 aliphatic rings. The fourth-order valence-corrected chi connectivity index (χ4v) is 2.88. The third kappa shape index (κ3) is 2.87. The van der Waals surface area contributed by atoms with Crippen LogP contribution in [-0.2, 0) is 0 Å². The lowest BCUT2D eigenvalue weighted by molar-refractivity contribution is 0.258. The second-order valence-electron chi connectivity index (χ2n) is 5.11. The predicted molar refractivity (Wildman–Crippen MR) is 68.1 cm³/mol. The van der Waals surface area contributed by atoms with Crippen LogP contribution in [0.3, 0.4) is 0 Å². The van der Waals surface area contributed by atoms with Gasteiger partial charge in [0, 0.05) is 23.7 Å². The van der Waals surface area contributed by atoms with E-state index < -0.39 is 11.6 Å². The van der Waals surface area contributed by atoms with Gasteiger partial charge in [-0.2, -0.15) is 0 Å². The van der Waals surface area contributed by atoms with Gasteiger partial charge in [0.25, 0.3) is 0 Å². The van der Waals surface area contributed by atoms with Gasteiger partial charge in [0.05, 0.1) is 0 Å². The second-order valence-corrected chi connectivity index (χ2v) is 5.11. The van der Waals surface area contributed by atoms with Gasteiger partial charge in [-0.15, -0.1) is 0 Å². The summed E-state index contributed by atoms with van der Waals surface area (Å²) in [5, 5.41) is 3.16. The van der Waals surface area contributed by atoms with Crippen molar-refractivity contribution in [2.75, 3.05) is 7.05 Å². The third-order valence-corrected chi connectivity index (χ3v) is 3.90. The lowest BCUT2D eigenvalue weighted by Crippen LogP contribution is -2.33. The molecular weight excluding hydrogens is 234 g/mol. The first-order valence-corrected chi connectivity index (χ1v) is 6.49. The Morgan fingerprint density at radius 2 is 1.89 bits per heavy atom. The highest BCUT2D eigenvalue weighted by molar-refractivity contribution is 5.23. The van der Waals surface area contributed by atoms with Crippen molar-refractivity contribution in [1.82, 2.24) is 5.32 Å². The standard InChI is InChI=1S/C14H20F2N2/c1-18-14(9-2-5-11(17)6-3-9)12-7-4-10(15)8-13(12)16/h4,7-9,11,14,18H,2-3,5-6,17H2,1H3. The van der Waals surface area contributed by atoms with Gasteiger partial charge in [0.15, 0.2) is 0 Å². The number of nitrogens with one attached hydrogen (secondary N) is 1. The Morgan fingerprint density at radius 1 is 1.22 bits per heavy atom. The molecule has 2 rings (SSSR count). The maximum atomic E-state index is 13.8. The summed E-state index contributed by atoms with van der Waals surface area (Å²) in [6, 6.07) is 4.03. The molecular formula is C14H20F2N2. The topological polar surface area (TPSA) is 38.0 Å². The van der Waals surface area contributed by atoms with E-state index in [1.165, 1.54) is 6.07 Å². The van der Waals surface area contributed by atoms with Crippen LogP contribution in [0.25, 0.3) is 0 Å². The van der Waals surface area contributed by atoms with Gasteiger partial charge in [0.1, 0.15) is 11.6 Å². The van der Waals surface area contributed by atoms with Crippen molar-refractivity contribution in [3.05, 3.63) is 35.4 Å². The zero-order valence-electron chi connectivity index (χ0n) is 10.6. The van der Waals surface area contributed by atoms with Crippen LogP contribution in [0.15, 0.2) is 18.2 Å². The molecule has 1 aromatic carbocycles. The zero-order chi connectivity index (χ0) is 13.1. The van der Waals surface area contributed by atoms with E-state index in [4.69, 9.17) is 5.73 Å². The van der Waals surface area contributed by atoms with Gasteiger partial charge >= 0.3 is 0 Å². The minimum Gasteiger partial charge on any atom is -0.328 e. The number of nitrogens with two attached hydrogens (primary N) is 1. The predicted octanol–water partition coefficient (Wildman–Crippen LogP) is 2.74. The van der Waals surface area contributed by atoms with E-state index in [0.29, 0.717) is 11.5 Å². The van der Waals surface area contributed by atoms with E-state index in [1.54, 1.807) is 6.07 Å². The quantitative estimate of drug-likeness (QED) is 0.870. The number of benzene rings is 1. The van der Waals surface area contributed by atoms with Crippen molar-refractivity contribution >= 4 is 0 Å². The van der Waals surface area contributed by atoms with Crippen LogP contribution in [0.1, 0.15) is 37.3 Å². The van der Waals surface area contributed by atoms with Crippen molar-refractivity contribution in [3.63, 3.8) is 0 Å². The van der Waals surface area contributed by atoms with E-state index >= 15 is 0 Å². The fourth-order valence-electron chi connectivity index (χ4n) is 2.88. The molecule has 0 spiro atoms. The summed E-state index contributed by atoms with van der Waals surface area (Å²) in [7, 11) is 1.82. The Kier molecular flexibility index (Phi) is 4.30. The SMILES string of the molecule is CNC(c1ccc(F)cc1F)C1CCC(N)CC1. The summed E-state index contributed by atoms with van der Waals surface area (Å²) in [5.74, 6) is -0.629. The van der Waals surface area contributed by atoms with Gasteiger partial charge in [-0.3, -0.25) is 0 Å². The first-order chi connectivity index (χ1) is 8.61. The summed E-state index contributed by atoms with van der Waals surface area (Å²) in [6.45, 7) is 0. The Bertz CT molecular complexity index is 401. The highest BCUT2D eigenvalue weighted by Gasteiger charge is 2.28. The lowest BCUT2D eigenvalue weighted by atomic mass is 9.79. The third-order valence-electron chi connectivity index (χ3n) is 3.90. The molecule has 1 aromatic rings. The average Bonchev–Trinajstić information content (AvgIpc) is 2.35. The number of hydrogen-bond acceptors (Lipinski definition) is 2. The summed E-state index contributed by atoms with van der Waals surface area (Å²) < 4.78 is 26.7. The monoisotopic (exact) mass is 254 g/mol. The number of halogens is 2. The molecule has 1 aliphatic carbocycles. The van der Waals surface area contributed by atoms with E-state index in [-0.39, 0.29) is 12.1 Å². The van der Waals surface area contributed by atoms with Crippen LogP contribution in [0.5, 0.6) is 0 Å². The van der Waals surface area contributed by atoms with Crippen molar-refractivity contribution < 1.29 is 8.78 Å². The van der Waals surface area contributed by atoms with Crippen LogP contribution in [0, 0.1) is 17.6 Å². The first-order valence-electron chi connectivity index (χ1n) is 6.49. The van der Waals surface area contributed by atoms with E-state index in [9.17, 15) is 8.78 Å². The van der Waals surface area contributed by atoms with E-state index in [2.05, 4.69) is 5.32 Å². The van der Waals surface area contributed by atoms with Crippen LogP contribution < -0.4 is 11.1 Å². The Balaban J connectivity index is 2.17. The fraction of sp³-hybridized carbons (Fsp3) is 0.571. The molecule has 1 saturated carbocycles. The maximum Gasteiger partial charge on any atom is 0.130 e. The molecule has 100 valence electrons. The van der Waals surface area contributed by atoms with Crippen LogP contribution >= 0.6 is 0 Å². The summed E-state index contributed by atoms with van der Waals surface area (Å²) >= 11 is 0. The molecule has 1 atom stereocenters. The molecule has 0 bridgehead atoms. The highest BCUT2D eigenvalue weighted by atomic mass is 19.1. The molecule has 0 radical (unpaired) electrons. The Labute approximate surface area is 107 Å². The van der Waals surface area contributed by atoms with Gasteiger partial charge in [-0.1, -0.05) is 6.07 Å². The molecule has 18 heavy (non-hydrogen) atoms. The molecule has 1 unspecified atom stereocenters. The lowest BCUT2D eigenvalue weighted by Gasteiger charge is -2.33. The molecule has 3 N–H and O–H groups in total. The summed E-state index contributed by atoms with van der Waals surface area (Å²) in [6.07, 6.45) is 3.93. The molecule has 0 aromatic heterocycles. The second kappa shape index (κ2) is 5.76. The largest absolute Gasteiger partial charge is 0.328 e. The Hall–Kier alpha value is -1.00. The smallest absolute Gasteiger partial charge is 0.130 e. The number of rotatable bonds is 3. The van der Waals surface area contributed by atoms with Crippen molar-refractivity contribution in [2.24, 2.45) is 11.7 Å². The van der Waals surface area contributed by atoms with Crippen molar-refractivity contribution in [2.45, 2.75) is 37.8 Å². The van der Waals surface area contributed by atoms with Gasteiger partial charge in [-0.05, 0) is 44.7 Å². The molecule has 0 heterocycles. The van der Waals surface area contributed by atoms with Gasteiger partial charge in [-0.25, -0.2) is 8.78 Å². The van der Waals surface area contributed by atoms with Crippen LogP contribution in [0.4, 0.5) is 8.78 Å². The first kappa shape index (κ1) is 13.4. The van der Waals surface area contributed by atoms with Crippen molar-refractivity contribution in [3.8, 4) is 0 Å². The summed E-state index contributed by atoms with van der Waals surface area (Å²) in [5.41, 5.74) is 6.44. The minimum atomic E-state index is -0.531. The molecule has 0 saturated heterocycles.